The Hall–Kier alpha value is -1.10. The van der Waals surface area contributed by atoms with Gasteiger partial charge in [-0.05, 0) is 43.4 Å². The number of amides is 1. The highest BCUT2D eigenvalue weighted by molar-refractivity contribution is 6.30. The number of rotatable bonds is 10. The minimum atomic E-state index is -0.501. The van der Waals surface area contributed by atoms with Crippen molar-refractivity contribution >= 4 is 17.5 Å². The molecule has 1 N–H and O–H groups in total. The van der Waals surface area contributed by atoms with Crippen molar-refractivity contribution in [3.8, 4) is 0 Å². The van der Waals surface area contributed by atoms with Gasteiger partial charge in [-0.25, -0.2) is 0 Å². The van der Waals surface area contributed by atoms with E-state index in [1.54, 1.807) is 14.0 Å². The summed E-state index contributed by atoms with van der Waals surface area (Å²) in [5, 5.41) is 3.78. The summed E-state index contributed by atoms with van der Waals surface area (Å²) >= 11 is 5.95. The van der Waals surface area contributed by atoms with Crippen LogP contribution in [0.4, 0.5) is 0 Å². The maximum absolute atomic E-state index is 12.3. The van der Waals surface area contributed by atoms with E-state index in [-0.39, 0.29) is 11.9 Å². The Balaban J connectivity index is 2.68. The average Bonchev–Trinajstić information content (AvgIpc) is 2.52. The van der Waals surface area contributed by atoms with E-state index in [9.17, 15) is 4.79 Å². The molecule has 1 amide bonds. The van der Waals surface area contributed by atoms with Gasteiger partial charge in [-0.2, -0.15) is 0 Å². The molecule has 0 aromatic heterocycles. The zero-order chi connectivity index (χ0) is 17.2. The molecule has 0 aliphatic rings. The summed E-state index contributed by atoms with van der Waals surface area (Å²) in [4.78, 5) is 12.3. The molecule has 4 nitrogen and oxygen atoms in total. The van der Waals surface area contributed by atoms with Crippen molar-refractivity contribution in [2.75, 3.05) is 20.3 Å². The van der Waals surface area contributed by atoms with Gasteiger partial charge < -0.3 is 14.8 Å². The Kier molecular flexibility index (Phi) is 9.22. The summed E-state index contributed by atoms with van der Waals surface area (Å²) in [5.74, 6) is 0.474. The standard InChI is InChI=1S/C18H28ClNO3/c1-13(2)5-10-17(15-6-8-16(19)9-7-15)20-18(21)14(3)23-12-11-22-4/h6-9,13-14,17H,5,10-12H2,1-4H3,(H,20,21). The number of halogens is 1. The quantitative estimate of drug-likeness (QED) is 0.655. The fourth-order valence-electron chi connectivity index (χ4n) is 2.19. The number of carbonyl (C=O) groups is 1. The summed E-state index contributed by atoms with van der Waals surface area (Å²) < 4.78 is 10.4. The molecule has 1 aromatic carbocycles. The SMILES string of the molecule is COCCOC(C)C(=O)NC(CCC(C)C)c1ccc(Cl)cc1. The van der Waals surface area contributed by atoms with Gasteiger partial charge in [0.15, 0.2) is 0 Å². The fraction of sp³-hybridized carbons (Fsp3) is 0.611. The van der Waals surface area contributed by atoms with Crippen LogP contribution in [-0.4, -0.2) is 32.3 Å². The highest BCUT2D eigenvalue weighted by Gasteiger charge is 2.19. The van der Waals surface area contributed by atoms with E-state index in [0.29, 0.717) is 24.2 Å². The molecule has 0 bridgehead atoms. The van der Waals surface area contributed by atoms with Gasteiger partial charge in [0.1, 0.15) is 6.10 Å². The molecular weight excluding hydrogens is 314 g/mol. The topological polar surface area (TPSA) is 47.6 Å². The Bertz CT molecular complexity index is 462. The van der Waals surface area contributed by atoms with E-state index < -0.39 is 6.10 Å². The zero-order valence-electron chi connectivity index (χ0n) is 14.5. The molecule has 0 saturated carbocycles. The fourth-order valence-corrected chi connectivity index (χ4v) is 2.32. The van der Waals surface area contributed by atoms with E-state index in [1.165, 1.54) is 0 Å². The van der Waals surface area contributed by atoms with Crippen molar-refractivity contribution < 1.29 is 14.3 Å². The van der Waals surface area contributed by atoms with E-state index in [4.69, 9.17) is 21.1 Å². The van der Waals surface area contributed by atoms with Crippen LogP contribution in [0.2, 0.25) is 5.02 Å². The minimum absolute atomic E-state index is 0.0318. The Morgan fingerprint density at radius 2 is 1.78 bits per heavy atom. The van der Waals surface area contributed by atoms with Crippen molar-refractivity contribution in [2.45, 2.75) is 45.8 Å². The molecule has 0 aliphatic carbocycles. The van der Waals surface area contributed by atoms with Crippen LogP contribution in [0.25, 0.3) is 0 Å². The third-order valence-corrected chi connectivity index (χ3v) is 3.90. The maximum atomic E-state index is 12.3. The van der Waals surface area contributed by atoms with Gasteiger partial charge >= 0.3 is 0 Å². The molecule has 0 heterocycles. The molecule has 5 heteroatoms. The first-order chi connectivity index (χ1) is 10.9. The molecule has 0 fully saturated rings. The molecular formula is C18H28ClNO3. The summed E-state index contributed by atoms with van der Waals surface area (Å²) in [5.41, 5.74) is 1.06. The van der Waals surface area contributed by atoms with Crippen LogP contribution in [-0.2, 0) is 14.3 Å². The highest BCUT2D eigenvalue weighted by atomic mass is 35.5. The van der Waals surface area contributed by atoms with Crippen LogP contribution in [0.15, 0.2) is 24.3 Å². The lowest BCUT2D eigenvalue weighted by Gasteiger charge is -2.22. The predicted molar refractivity (Wildman–Crippen MR) is 93.7 cm³/mol. The largest absolute Gasteiger partial charge is 0.382 e. The summed E-state index contributed by atoms with van der Waals surface area (Å²) in [6.45, 7) is 7.00. The van der Waals surface area contributed by atoms with Gasteiger partial charge in [-0.3, -0.25) is 4.79 Å². The Labute approximate surface area is 144 Å². The third-order valence-electron chi connectivity index (χ3n) is 3.65. The van der Waals surface area contributed by atoms with Crippen molar-refractivity contribution in [3.05, 3.63) is 34.9 Å². The lowest BCUT2D eigenvalue weighted by Crippen LogP contribution is -2.37. The molecule has 0 radical (unpaired) electrons. The average molecular weight is 342 g/mol. The van der Waals surface area contributed by atoms with E-state index >= 15 is 0 Å². The molecule has 1 aromatic rings. The molecule has 2 atom stereocenters. The Morgan fingerprint density at radius 1 is 1.13 bits per heavy atom. The van der Waals surface area contributed by atoms with Gasteiger partial charge in [0.2, 0.25) is 5.91 Å². The van der Waals surface area contributed by atoms with Gasteiger partial charge in [0.25, 0.3) is 0 Å². The van der Waals surface area contributed by atoms with Crippen LogP contribution in [0.5, 0.6) is 0 Å². The van der Waals surface area contributed by atoms with Crippen LogP contribution in [0.3, 0.4) is 0 Å². The smallest absolute Gasteiger partial charge is 0.249 e. The lowest BCUT2D eigenvalue weighted by atomic mass is 9.97. The lowest BCUT2D eigenvalue weighted by molar-refractivity contribution is -0.133. The molecule has 2 unspecified atom stereocenters. The number of nitrogens with one attached hydrogen (secondary N) is 1. The summed E-state index contributed by atoms with van der Waals surface area (Å²) in [6.07, 6.45) is 1.42. The number of hydrogen-bond donors (Lipinski definition) is 1. The zero-order valence-corrected chi connectivity index (χ0v) is 15.2. The minimum Gasteiger partial charge on any atom is -0.382 e. The van der Waals surface area contributed by atoms with Crippen molar-refractivity contribution in [1.82, 2.24) is 5.32 Å². The second kappa shape index (κ2) is 10.6. The molecule has 23 heavy (non-hydrogen) atoms. The second-order valence-corrected chi connectivity index (χ2v) is 6.53. The monoisotopic (exact) mass is 341 g/mol. The van der Waals surface area contributed by atoms with E-state index in [1.807, 2.05) is 24.3 Å². The molecule has 0 spiro atoms. The number of carbonyl (C=O) groups excluding carboxylic acids is 1. The third kappa shape index (κ3) is 7.82. The molecule has 0 saturated heterocycles. The maximum Gasteiger partial charge on any atom is 0.249 e. The van der Waals surface area contributed by atoms with Gasteiger partial charge in [0, 0.05) is 12.1 Å². The number of benzene rings is 1. The van der Waals surface area contributed by atoms with Crippen molar-refractivity contribution in [1.29, 1.82) is 0 Å². The second-order valence-electron chi connectivity index (χ2n) is 6.09. The normalized spacial score (nSPS) is 13.8. The first-order valence-electron chi connectivity index (χ1n) is 8.10. The molecule has 1 rings (SSSR count). The van der Waals surface area contributed by atoms with Gasteiger partial charge in [-0.15, -0.1) is 0 Å². The molecule has 0 aliphatic heterocycles. The van der Waals surface area contributed by atoms with Crippen LogP contribution in [0.1, 0.15) is 45.2 Å². The van der Waals surface area contributed by atoms with Gasteiger partial charge in [-0.1, -0.05) is 37.6 Å². The van der Waals surface area contributed by atoms with Crippen molar-refractivity contribution in [2.24, 2.45) is 5.92 Å². The molecule has 130 valence electrons. The van der Waals surface area contributed by atoms with E-state index in [0.717, 1.165) is 18.4 Å². The summed E-state index contributed by atoms with van der Waals surface area (Å²) in [6, 6.07) is 7.60. The first-order valence-corrected chi connectivity index (χ1v) is 8.48. The predicted octanol–water partition coefficient (Wildman–Crippen LogP) is 3.99. The van der Waals surface area contributed by atoms with Gasteiger partial charge in [0.05, 0.1) is 19.3 Å². The Morgan fingerprint density at radius 3 is 2.35 bits per heavy atom. The number of hydrogen-bond acceptors (Lipinski definition) is 3. The number of methoxy groups -OCH3 is 1. The number of ether oxygens (including phenoxy) is 2. The summed E-state index contributed by atoms with van der Waals surface area (Å²) in [7, 11) is 1.61. The van der Waals surface area contributed by atoms with E-state index in [2.05, 4.69) is 19.2 Å². The van der Waals surface area contributed by atoms with Crippen molar-refractivity contribution in [3.63, 3.8) is 0 Å². The highest BCUT2D eigenvalue weighted by Crippen LogP contribution is 2.23. The van der Waals surface area contributed by atoms with Crippen LogP contribution < -0.4 is 5.32 Å². The van der Waals surface area contributed by atoms with Crippen LogP contribution in [0, 0.1) is 5.92 Å². The first kappa shape index (κ1) is 19.9. The van der Waals surface area contributed by atoms with Crippen LogP contribution >= 0.6 is 11.6 Å².